The minimum atomic E-state index is 0.116. The summed E-state index contributed by atoms with van der Waals surface area (Å²) in [7, 11) is 0. The third-order valence-corrected chi connectivity index (χ3v) is 3.26. The fraction of sp³-hybridized carbons (Fsp3) is 0.214. The van der Waals surface area contributed by atoms with Gasteiger partial charge in [-0.3, -0.25) is 4.79 Å². The highest BCUT2D eigenvalue weighted by molar-refractivity contribution is 6.02. The summed E-state index contributed by atoms with van der Waals surface area (Å²) in [6, 6.07) is 7.96. The van der Waals surface area contributed by atoms with E-state index in [0.717, 1.165) is 18.4 Å². The highest BCUT2D eigenvalue weighted by Crippen LogP contribution is 2.33. The van der Waals surface area contributed by atoms with Crippen molar-refractivity contribution in [1.82, 2.24) is 0 Å². The molecule has 0 saturated carbocycles. The first-order valence-corrected chi connectivity index (χ1v) is 5.34. The summed E-state index contributed by atoms with van der Waals surface area (Å²) < 4.78 is 0. The van der Waals surface area contributed by atoms with Crippen molar-refractivity contribution in [3.8, 4) is 0 Å². The first-order valence-electron chi connectivity index (χ1n) is 5.34. The van der Waals surface area contributed by atoms with Crippen LogP contribution in [0.2, 0.25) is 0 Å². The number of hydrogen-bond acceptors (Lipinski definition) is 1. The van der Waals surface area contributed by atoms with E-state index in [0.29, 0.717) is 5.78 Å². The van der Waals surface area contributed by atoms with Crippen LogP contribution in [0.3, 0.4) is 0 Å². The fourth-order valence-corrected chi connectivity index (χ4v) is 2.45. The van der Waals surface area contributed by atoms with E-state index < -0.39 is 0 Å². The Morgan fingerprint density at radius 1 is 1.20 bits per heavy atom. The number of Topliss-reactive ketones (excluding diaryl/α,β-unsaturated/α-hetero) is 1. The molecule has 74 valence electrons. The standard InChI is InChI=1S/C14H12O/c15-14-12-7-3-1-5-10(12)9-11-6-2-4-8-13(11)14/h1-7,13H,8-9H2. The van der Waals surface area contributed by atoms with Gasteiger partial charge in [-0.2, -0.15) is 0 Å². The number of rotatable bonds is 0. The summed E-state index contributed by atoms with van der Waals surface area (Å²) in [5.74, 6) is 0.414. The van der Waals surface area contributed by atoms with Gasteiger partial charge >= 0.3 is 0 Å². The lowest BCUT2D eigenvalue weighted by Gasteiger charge is -2.27. The Bertz CT molecular complexity index is 480. The van der Waals surface area contributed by atoms with Crippen LogP contribution in [-0.2, 0) is 6.42 Å². The van der Waals surface area contributed by atoms with Gasteiger partial charge in [0.2, 0.25) is 0 Å². The molecular weight excluding hydrogens is 184 g/mol. The van der Waals surface area contributed by atoms with Crippen molar-refractivity contribution in [2.45, 2.75) is 12.8 Å². The van der Waals surface area contributed by atoms with E-state index in [1.807, 2.05) is 18.2 Å². The van der Waals surface area contributed by atoms with Crippen LogP contribution in [0.25, 0.3) is 0 Å². The van der Waals surface area contributed by atoms with Crippen LogP contribution in [0.1, 0.15) is 22.3 Å². The van der Waals surface area contributed by atoms with E-state index in [4.69, 9.17) is 0 Å². The average molecular weight is 196 g/mol. The summed E-state index contributed by atoms with van der Waals surface area (Å²) in [6.07, 6.45) is 8.06. The summed E-state index contributed by atoms with van der Waals surface area (Å²) in [5, 5.41) is 0. The maximum Gasteiger partial charge on any atom is 0.170 e. The highest BCUT2D eigenvalue weighted by atomic mass is 16.1. The summed E-state index contributed by atoms with van der Waals surface area (Å²) in [6.45, 7) is 0. The van der Waals surface area contributed by atoms with Crippen LogP contribution >= 0.6 is 0 Å². The maximum atomic E-state index is 12.2. The Balaban J connectivity index is 2.14. The predicted molar refractivity (Wildman–Crippen MR) is 59.8 cm³/mol. The molecule has 1 unspecified atom stereocenters. The lowest BCUT2D eigenvalue weighted by atomic mass is 9.76. The van der Waals surface area contributed by atoms with E-state index in [1.54, 1.807) is 0 Å². The fourth-order valence-electron chi connectivity index (χ4n) is 2.45. The van der Waals surface area contributed by atoms with Gasteiger partial charge in [0, 0.05) is 11.5 Å². The van der Waals surface area contributed by atoms with E-state index >= 15 is 0 Å². The van der Waals surface area contributed by atoms with Gasteiger partial charge in [0.05, 0.1) is 0 Å². The van der Waals surface area contributed by atoms with Gasteiger partial charge in [0.15, 0.2) is 5.78 Å². The molecule has 0 saturated heterocycles. The number of hydrogen-bond donors (Lipinski definition) is 0. The number of benzene rings is 1. The van der Waals surface area contributed by atoms with Gasteiger partial charge in [0.1, 0.15) is 0 Å². The quantitative estimate of drug-likeness (QED) is 0.623. The molecule has 0 radical (unpaired) electrons. The Labute approximate surface area is 89.1 Å². The molecule has 0 heterocycles. The van der Waals surface area contributed by atoms with Crippen LogP contribution in [0, 0.1) is 5.92 Å². The van der Waals surface area contributed by atoms with Crippen LogP contribution < -0.4 is 0 Å². The van der Waals surface area contributed by atoms with Gasteiger partial charge in [-0.1, -0.05) is 48.1 Å². The average Bonchev–Trinajstić information content (AvgIpc) is 2.30. The number of ketones is 1. The molecule has 1 aromatic rings. The van der Waals surface area contributed by atoms with Crippen molar-refractivity contribution in [3.63, 3.8) is 0 Å². The molecule has 0 spiro atoms. The third-order valence-electron chi connectivity index (χ3n) is 3.26. The summed E-state index contributed by atoms with van der Waals surface area (Å²) in [5.41, 5.74) is 3.39. The zero-order valence-electron chi connectivity index (χ0n) is 8.44. The molecule has 1 atom stereocenters. The van der Waals surface area contributed by atoms with Gasteiger partial charge in [-0.05, 0) is 18.4 Å². The van der Waals surface area contributed by atoms with E-state index in [2.05, 4.69) is 24.3 Å². The molecule has 1 nitrogen and oxygen atoms in total. The molecule has 2 aliphatic carbocycles. The molecule has 0 aromatic heterocycles. The predicted octanol–water partition coefficient (Wildman–Crippen LogP) is 2.93. The molecule has 0 fully saturated rings. The van der Waals surface area contributed by atoms with E-state index in [9.17, 15) is 4.79 Å². The SMILES string of the molecule is O=C1c2ccccc2CC2=CC=CCC12. The largest absolute Gasteiger partial charge is 0.293 e. The van der Waals surface area contributed by atoms with Gasteiger partial charge in [0.25, 0.3) is 0 Å². The van der Waals surface area contributed by atoms with Crippen molar-refractivity contribution >= 4 is 5.78 Å². The van der Waals surface area contributed by atoms with Crippen LogP contribution in [0.5, 0.6) is 0 Å². The number of carbonyl (C=O) groups is 1. The highest BCUT2D eigenvalue weighted by Gasteiger charge is 2.30. The van der Waals surface area contributed by atoms with Crippen LogP contribution in [-0.4, -0.2) is 5.78 Å². The second-order valence-electron chi connectivity index (χ2n) is 4.16. The minimum absolute atomic E-state index is 0.116. The Morgan fingerprint density at radius 3 is 3.00 bits per heavy atom. The molecule has 2 aliphatic rings. The van der Waals surface area contributed by atoms with E-state index in [1.165, 1.54) is 11.1 Å². The molecule has 0 aliphatic heterocycles. The lowest BCUT2D eigenvalue weighted by Crippen LogP contribution is -2.25. The molecular formula is C14H12O. The summed E-state index contributed by atoms with van der Waals surface area (Å²) >= 11 is 0. The van der Waals surface area contributed by atoms with Gasteiger partial charge in [-0.25, -0.2) is 0 Å². The van der Waals surface area contributed by atoms with Crippen LogP contribution in [0.4, 0.5) is 0 Å². The lowest BCUT2D eigenvalue weighted by molar-refractivity contribution is 0.0931. The monoisotopic (exact) mass is 196 g/mol. The molecule has 15 heavy (non-hydrogen) atoms. The minimum Gasteiger partial charge on any atom is -0.293 e. The third kappa shape index (κ3) is 1.27. The normalized spacial score (nSPS) is 23.1. The smallest absolute Gasteiger partial charge is 0.170 e. The van der Waals surface area contributed by atoms with E-state index in [-0.39, 0.29) is 5.92 Å². The Morgan fingerprint density at radius 2 is 2.07 bits per heavy atom. The molecule has 3 rings (SSSR count). The van der Waals surface area contributed by atoms with Crippen molar-refractivity contribution in [2.24, 2.45) is 5.92 Å². The number of fused-ring (bicyclic) bond motifs is 2. The molecule has 1 heteroatoms. The zero-order chi connectivity index (χ0) is 10.3. The molecule has 1 aromatic carbocycles. The first-order chi connectivity index (χ1) is 7.36. The Kier molecular flexibility index (Phi) is 1.84. The van der Waals surface area contributed by atoms with Crippen molar-refractivity contribution in [3.05, 3.63) is 59.2 Å². The van der Waals surface area contributed by atoms with Crippen molar-refractivity contribution in [2.75, 3.05) is 0 Å². The Hall–Kier alpha value is -1.63. The number of carbonyl (C=O) groups excluding carboxylic acids is 1. The first kappa shape index (κ1) is 8.66. The van der Waals surface area contributed by atoms with Crippen molar-refractivity contribution in [1.29, 1.82) is 0 Å². The van der Waals surface area contributed by atoms with Gasteiger partial charge < -0.3 is 0 Å². The van der Waals surface area contributed by atoms with Gasteiger partial charge in [-0.15, -0.1) is 0 Å². The van der Waals surface area contributed by atoms with Crippen molar-refractivity contribution < 1.29 is 4.79 Å². The maximum absolute atomic E-state index is 12.2. The molecule has 0 bridgehead atoms. The molecule has 0 amide bonds. The number of allylic oxidation sites excluding steroid dienone is 4. The molecule has 0 N–H and O–H groups in total. The second kappa shape index (κ2) is 3.20. The zero-order valence-corrected chi connectivity index (χ0v) is 8.44. The summed E-state index contributed by atoms with van der Waals surface area (Å²) in [4.78, 5) is 12.2. The topological polar surface area (TPSA) is 17.1 Å². The second-order valence-corrected chi connectivity index (χ2v) is 4.16. The van der Waals surface area contributed by atoms with Crippen LogP contribution in [0.15, 0.2) is 48.1 Å².